The molecule has 0 aliphatic heterocycles. The monoisotopic (exact) mass is 367 g/mol. The van der Waals surface area contributed by atoms with Crippen LogP contribution in [0.4, 0.5) is 0 Å². The van der Waals surface area contributed by atoms with E-state index in [9.17, 15) is 4.79 Å². The van der Waals surface area contributed by atoms with Gasteiger partial charge in [-0.1, -0.05) is 63.6 Å². The molecule has 2 atom stereocenters. The summed E-state index contributed by atoms with van der Waals surface area (Å²) in [5.74, 6) is 0.648. The van der Waals surface area contributed by atoms with E-state index in [1.54, 1.807) is 0 Å². The summed E-state index contributed by atoms with van der Waals surface area (Å²) in [6, 6.07) is 14.3. The standard InChI is InChI=1S/C24H33NO2/c1-8-22(27-20-13-11-19(12-14-20)24(5,6)7)23(26)25-18(4)21-15-16(2)9-10-17(21)3/h9-15,18,22H,8H2,1-7H3,(H,25,26)/t18-,22-/m1/s1. The maximum Gasteiger partial charge on any atom is 0.261 e. The van der Waals surface area contributed by atoms with E-state index in [-0.39, 0.29) is 17.4 Å². The van der Waals surface area contributed by atoms with Crippen LogP contribution in [0.1, 0.15) is 69.3 Å². The minimum absolute atomic E-state index is 0.0571. The lowest BCUT2D eigenvalue weighted by Gasteiger charge is -2.23. The number of hydrogen-bond acceptors (Lipinski definition) is 2. The second-order valence-electron chi connectivity index (χ2n) is 8.38. The number of hydrogen-bond donors (Lipinski definition) is 1. The normalized spacial score (nSPS) is 13.7. The molecule has 1 N–H and O–H groups in total. The Bertz CT molecular complexity index is 772. The van der Waals surface area contributed by atoms with Crippen LogP contribution in [-0.2, 0) is 10.2 Å². The third kappa shape index (κ3) is 5.59. The second kappa shape index (κ2) is 8.60. The number of ether oxygens (including phenoxy) is 1. The van der Waals surface area contributed by atoms with Crippen LogP contribution < -0.4 is 10.1 Å². The lowest BCUT2D eigenvalue weighted by Crippen LogP contribution is -2.39. The predicted molar refractivity (Wildman–Crippen MR) is 112 cm³/mol. The fraction of sp³-hybridized carbons (Fsp3) is 0.458. The number of amides is 1. The maximum absolute atomic E-state index is 12.7. The second-order valence-corrected chi connectivity index (χ2v) is 8.38. The van der Waals surface area contributed by atoms with E-state index in [0.29, 0.717) is 6.42 Å². The first-order valence-electron chi connectivity index (χ1n) is 9.76. The zero-order chi connectivity index (χ0) is 20.2. The van der Waals surface area contributed by atoms with Crippen LogP contribution in [0.5, 0.6) is 5.75 Å². The third-order valence-corrected chi connectivity index (χ3v) is 4.92. The summed E-state index contributed by atoms with van der Waals surface area (Å²) in [7, 11) is 0. The Morgan fingerprint density at radius 1 is 1.07 bits per heavy atom. The molecule has 2 aromatic rings. The van der Waals surface area contributed by atoms with Crippen LogP contribution in [0.15, 0.2) is 42.5 Å². The zero-order valence-corrected chi connectivity index (χ0v) is 17.7. The van der Waals surface area contributed by atoms with Gasteiger partial charge in [0.1, 0.15) is 5.75 Å². The molecular formula is C24H33NO2. The molecule has 0 spiro atoms. The topological polar surface area (TPSA) is 38.3 Å². The molecule has 0 saturated carbocycles. The van der Waals surface area contributed by atoms with Crippen molar-refractivity contribution in [2.75, 3.05) is 0 Å². The van der Waals surface area contributed by atoms with Crippen LogP contribution >= 0.6 is 0 Å². The summed E-state index contributed by atoms with van der Waals surface area (Å²) >= 11 is 0. The van der Waals surface area contributed by atoms with Gasteiger partial charge in [0.25, 0.3) is 5.91 Å². The van der Waals surface area contributed by atoms with Crippen LogP contribution in [0.2, 0.25) is 0 Å². The van der Waals surface area contributed by atoms with Crippen molar-refractivity contribution in [2.24, 2.45) is 0 Å². The van der Waals surface area contributed by atoms with Crippen LogP contribution in [0.25, 0.3) is 0 Å². The van der Waals surface area contributed by atoms with E-state index < -0.39 is 6.10 Å². The first-order valence-corrected chi connectivity index (χ1v) is 9.76. The largest absolute Gasteiger partial charge is 0.481 e. The summed E-state index contributed by atoms with van der Waals surface area (Å²) in [5.41, 5.74) is 4.86. The van der Waals surface area contributed by atoms with Crippen molar-refractivity contribution in [3.8, 4) is 5.75 Å². The van der Waals surface area contributed by atoms with Gasteiger partial charge in [0.2, 0.25) is 0 Å². The predicted octanol–water partition coefficient (Wildman–Crippen LogP) is 5.64. The highest BCUT2D eigenvalue weighted by Crippen LogP contribution is 2.25. The molecule has 2 rings (SSSR count). The molecule has 0 unspecified atom stereocenters. The molecule has 27 heavy (non-hydrogen) atoms. The molecule has 0 saturated heterocycles. The molecule has 0 aliphatic carbocycles. The van der Waals surface area contributed by atoms with Gasteiger partial charge in [-0.3, -0.25) is 4.79 Å². The van der Waals surface area contributed by atoms with E-state index in [1.807, 2.05) is 26.0 Å². The number of carbonyl (C=O) groups is 1. The molecule has 146 valence electrons. The number of nitrogens with one attached hydrogen (secondary N) is 1. The summed E-state index contributed by atoms with van der Waals surface area (Å²) in [5, 5.41) is 3.11. The Kier molecular flexibility index (Phi) is 6.69. The van der Waals surface area contributed by atoms with Crippen molar-refractivity contribution in [3.63, 3.8) is 0 Å². The van der Waals surface area contributed by atoms with Crippen molar-refractivity contribution < 1.29 is 9.53 Å². The molecule has 2 aromatic carbocycles. The Morgan fingerprint density at radius 2 is 1.70 bits per heavy atom. The Hall–Kier alpha value is -2.29. The van der Waals surface area contributed by atoms with Gasteiger partial charge in [0.05, 0.1) is 6.04 Å². The van der Waals surface area contributed by atoms with Gasteiger partial charge < -0.3 is 10.1 Å². The van der Waals surface area contributed by atoms with Crippen molar-refractivity contribution >= 4 is 5.91 Å². The van der Waals surface area contributed by atoms with Gasteiger partial charge in [0, 0.05) is 0 Å². The average Bonchev–Trinajstić information content (AvgIpc) is 2.61. The van der Waals surface area contributed by atoms with Gasteiger partial charge in [-0.05, 0) is 61.4 Å². The Morgan fingerprint density at radius 3 is 2.26 bits per heavy atom. The number of benzene rings is 2. The maximum atomic E-state index is 12.7. The van der Waals surface area contributed by atoms with E-state index in [2.05, 4.69) is 70.3 Å². The van der Waals surface area contributed by atoms with Crippen molar-refractivity contribution in [1.82, 2.24) is 5.32 Å². The average molecular weight is 368 g/mol. The van der Waals surface area contributed by atoms with Crippen LogP contribution in [-0.4, -0.2) is 12.0 Å². The summed E-state index contributed by atoms with van der Waals surface area (Å²) < 4.78 is 5.97. The van der Waals surface area contributed by atoms with Gasteiger partial charge in [-0.15, -0.1) is 0 Å². The van der Waals surface area contributed by atoms with Gasteiger partial charge in [-0.2, -0.15) is 0 Å². The van der Waals surface area contributed by atoms with Gasteiger partial charge >= 0.3 is 0 Å². The van der Waals surface area contributed by atoms with Crippen molar-refractivity contribution in [1.29, 1.82) is 0 Å². The summed E-state index contributed by atoms with van der Waals surface area (Å²) in [4.78, 5) is 12.7. The molecular weight excluding hydrogens is 334 g/mol. The number of rotatable bonds is 6. The van der Waals surface area contributed by atoms with E-state index in [4.69, 9.17) is 4.74 Å². The molecule has 0 aliphatic rings. The molecule has 0 fully saturated rings. The highest BCUT2D eigenvalue weighted by atomic mass is 16.5. The Labute approximate surface area is 164 Å². The fourth-order valence-electron chi connectivity index (χ4n) is 3.13. The number of aryl methyl sites for hydroxylation is 2. The van der Waals surface area contributed by atoms with E-state index in [1.165, 1.54) is 16.7 Å². The van der Waals surface area contributed by atoms with Crippen molar-refractivity contribution in [2.45, 2.75) is 72.4 Å². The van der Waals surface area contributed by atoms with Crippen molar-refractivity contribution in [3.05, 3.63) is 64.7 Å². The minimum atomic E-state index is -0.502. The molecule has 1 amide bonds. The van der Waals surface area contributed by atoms with E-state index in [0.717, 1.165) is 11.3 Å². The van der Waals surface area contributed by atoms with Crippen LogP contribution in [0, 0.1) is 13.8 Å². The molecule has 0 radical (unpaired) electrons. The first kappa shape index (κ1) is 21.0. The fourth-order valence-corrected chi connectivity index (χ4v) is 3.13. The first-order chi connectivity index (χ1) is 12.6. The Balaban J connectivity index is 2.06. The molecule has 0 aromatic heterocycles. The lowest BCUT2D eigenvalue weighted by atomic mass is 9.87. The van der Waals surface area contributed by atoms with Crippen LogP contribution in [0.3, 0.4) is 0 Å². The SMILES string of the molecule is CC[C@@H](Oc1ccc(C(C)(C)C)cc1)C(=O)N[C@H](C)c1cc(C)ccc1C. The van der Waals surface area contributed by atoms with Gasteiger partial charge in [0.15, 0.2) is 6.10 Å². The van der Waals surface area contributed by atoms with Gasteiger partial charge in [-0.25, -0.2) is 0 Å². The smallest absolute Gasteiger partial charge is 0.261 e. The van der Waals surface area contributed by atoms with E-state index >= 15 is 0 Å². The number of carbonyl (C=O) groups excluding carboxylic acids is 1. The molecule has 0 heterocycles. The summed E-state index contributed by atoms with van der Waals surface area (Å²) in [6.45, 7) is 14.7. The third-order valence-electron chi connectivity index (χ3n) is 4.92. The minimum Gasteiger partial charge on any atom is -0.481 e. The molecule has 0 bridgehead atoms. The molecule has 3 nitrogen and oxygen atoms in total. The summed E-state index contributed by atoms with van der Waals surface area (Å²) in [6.07, 6.45) is 0.116. The highest BCUT2D eigenvalue weighted by molar-refractivity contribution is 5.81. The quantitative estimate of drug-likeness (QED) is 0.718. The zero-order valence-electron chi connectivity index (χ0n) is 17.7. The lowest BCUT2D eigenvalue weighted by molar-refractivity contribution is -0.128. The highest BCUT2D eigenvalue weighted by Gasteiger charge is 2.22. The molecule has 3 heteroatoms.